The van der Waals surface area contributed by atoms with Gasteiger partial charge in [0, 0.05) is 38.6 Å². The maximum Gasteiger partial charge on any atom is 0.241 e. The Hall–Kier alpha value is -3.04. The molecule has 0 saturated heterocycles. The lowest BCUT2D eigenvalue weighted by Crippen LogP contribution is -2.31. The number of benzene rings is 2. The number of nitrogens with one attached hydrogen (secondary N) is 1. The van der Waals surface area contributed by atoms with Crippen LogP contribution in [0, 0.1) is 5.82 Å². The molecule has 3 aromatic rings. The minimum absolute atomic E-state index is 0.0802. The first kappa shape index (κ1) is 20.2. The van der Waals surface area contributed by atoms with Gasteiger partial charge in [-0.3, -0.25) is 4.79 Å². The van der Waals surface area contributed by atoms with Gasteiger partial charge < -0.3 is 9.47 Å². The lowest BCUT2D eigenvalue weighted by atomic mass is 10.1. The van der Waals surface area contributed by atoms with Crippen molar-refractivity contribution >= 4 is 21.6 Å². The number of fused-ring (bicyclic) bond motifs is 1. The fourth-order valence-electron chi connectivity index (χ4n) is 3.71. The summed E-state index contributed by atoms with van der Waals surface area (Å²) < 4.78 is 44.6. The number of aromatic nitrogens is 2. The second-order valence-corrected chi connectivity index (χ2v) is 8.93. The first-order chi connectivity index (χ1) is 14.3. The van der Waals surface area contributed by atoms with Crippen molar-refractivity contribution in [3.05, 3.63) is 77.6 Å². The van der Waals surface area contributed by atoms with Crippen LogP contribution < -0.4 is 9.62 Å². The van der Waals surface area contributed by atoms with E-state index in [0.717, 1.165) is 11.3 Å². The smallest absolute Gasteiger partial charge is 0.241 e. The number of amides is 1. The Morgan fingerprint density at radius 2 is 2.03 bits per heavy atom. The molecule has 4 rings (SSSR count). The maximum atomic E-state index is 13.8. The van der Waals surface area contributed by atoms with Crippen LogP contribution in [0.5, 0.6) is 0 Å². The Labute approximate surface area is 174 Å². The lowest BCUT2D eigenvalue weighted by molar-refractivity contribution is -0.116. The van der Waals surface area contributed by atoms with Crippen molar-refractivity contribution in [1.29, 1.82) is 0 Å². The molecule has 0 unspecified atom stereocenters. The molecule has 9 heteroatoms. The van der Waals surface area contributed by atoms with Gasteiger partial charge in [0.25, 0.3) is 0 Å². The van der Waals surface area contributed by atoms with E-state index < -0.39 is 21.9 Å². The second kappa shape index (κ2) is 7.66. The fraction of sp³-hybridized carbons (Fsp3) is 0.238. The standard InChI is InChI=1S/C21H21FN4O3S/c1-14(27)26-10-8-15-13-18(6-7-19(15)26)30(28,29)24-20(21-23-9-11-25(21)2)16-4-3-5-17(22)12-16/h3-7,9,11-13,20,24H,8,10H2,1-2H3/t20-/m1/s1. The van der Waals surface area contributed by atoms with Gasteiger partial charge in [0.2, 0.25) is 15.9 Å². The van der Waals surface area contributed by atoms with E-state index in [4.69, 9.17) is 0 Å². The number of rotatable bonds is 5. The van der Waals surface area contributed by atoms with Crippen LogP contribution in [0.25, 0.3) is 0 Å². The summed E-state index contributed by atoms with van der Waals surface area (Å²) in [7, 11) is -2.21. The van der Waals surface area contributed by atoms with Crippen LogP contribution in [0.1, 0.15) is 29.9 Å². The number of carbonyl (C=O) groups is 1. The van der Waals surface area contributed by atoms with Gasteiger partial charge in [-0.15, -0.1) is 0 Å². The second-order valence-electron chi connectivity index (χ2n) is 7.22. The number of nitrogens with zero attached hydrogens (tertiary/aromatic N) is 3. The Balaban J connectivity index is 1.71. The van der Waals surface area contributed by atoms with Crippen molar-refractivity contribution in [2.24, 2.45) is 7.05 Å². The summed E-state index contributed by atoms with van der Waals surface area (Å²) in [5.74, 6) is -0.107. The molecule has 0 fully saturated rings. The molecular formula is C21H21FN4O3S. The van der Waals surface area contributed by atoms with Gasteiger partial charge in [-0.25, -0.2) is 17.8 Å². The van der Waals surface area contributed by atoms with E-state index in [1.54, 1.807) is 47.1 Å². The fourth-order valence-corrected chi connectivity index (χ4v) is 4.94. The van der Waals surface area contributed by atoms with E-state index in [0.29, 0.717) is 24.4 Å². The molecule has 1 N–H and O–H groups in total. The van der Waals surface area contributed by atoms with E-state index in [1.807, 2.05) is 0 Å². The van der Waals surface area contributed by atoms with E-state index in [-0.39, 0.29) is 10.8 Å². The first-order valence-corrected chi connectivity index (χ1v) is 10.9. The van der Waals surface area contributed by atoms with Gasteiger partial charge >= 0.3 is 0 Å². The molecule has 1 aromatic heterocycles. The normalized spacial score (nSPS) is 14.6. The topological polar surface area (TPSA) is 84.3 Å². The predicted molar refractivity (Wildman–Crippen MR) is 110 cm³/mol. The Morgan fingerprint density at radius 3 is 2.70 bits per heavy atom. The number of imidazole rings is 1. The van der Waals surface area contributed by atoms with Crippen LogP contribution in [0.2, 0.25) is 0 Å². The van der Waals surface area contributed by atoms with Gasteiger partial charge in [0.1, 0.15) is 17.7 Å². The van der Waals surface area contributed by atoms with Gasteiger partial charge in [-0.05, 0) is 47.9 Å². The molecule has 0 spiro atoms. The number of hydrogen-bond acceptors (Lipinski definition) is 4. The monoisotopic (exact) mass is 428 g/mol. The highest BCUT2D eigenvalue weighted by atomic mass is 32.2. The van der Waals surface area contributed by atoms with Crippen LogP contribution in [0.4, 0.5) is 10.1 Å². The molecule has 1 aliphatic rings. The number of anilines is 1. The van der Waals surface area contributed by atoms with E-state index in [9.17, 15) is 17.6 Å². The highest BCUT2D eigenvalue weighted by molar-refractivity contribution is 7.89. The zero-order chi connectivity index (χ0) is 21.5. The maximum absolute atomic E-state index is 13.8. The zero-order valence-corrected chi connectivity index (χ0v) is 17.4. The summed E-state index contributed by atoms with van der Waals surface area (Å²) in [6.07, 6.45) is 3.84. The largest absolute Gasteiger partial charge is 0.336 e. The molecule has 156 valence electrons. The number of hydrogen-bond donors (Lipinski definition) is 1. The van der Waals surface area contributed by atoms with E-state index in [2.05, 4.69) is 9.71 Å². The molecule has 1 atom stereocenters. The molecule has 0 radical (unpaired) electrons. The number of carbonyl (C=O) groups excluding carboxylic acids is 1. The minimum atomic E-state index is -3.95. The van der Waals surface area contributed by atoms with Crippen molar-refractivity contribution < 1.29 is 17.6 Å². The Bertz CT molecular complexity index is 1220. The minimum Gasteiger partial charge on any atom is -0.336 e. The van der Waals surface area contributed by atoms with Gasteiger partial charge in [-0.1, -0.05) is 12.1 Å². The molecule has 0 bridgehead atoms. The molecule has 2 aromatic carbocycles. The lowest BCUT2D eigenvalue weighted by Gasteiger charge is -2.20. The molecule has 1 aliphatic heterocycles. The first-order valence-electron chi connectivity index (χ1n) is 9.42. The van der Waals surface area contributed by atoms with Crippen molar-refractivity contribution in [1.82, 2.24) is 14.3 Å². The van der Waals surface area contributed by atoms with Crippen molar-refractivity contribution in [2.45, 2.75) is 24.3 Å². The molecule has 0 aliphatic carbocycles. The van der Waals surface area contributed by atoms with E-state index in [1.165, 1.54) is 31.2 Å². The number of aryl methyl sites for hydroxylation is 1. The third-order valence-electron chi connectivity index (χ3n) is 5.21. The number of sulfonamides is 1. The van der Waals surface area contributed by atoms with Crippen molar-refractivity contribution in [3.8, 4) is 0 Å². The summed E-state index contributed by atoms with van der Waals surface area (Å²) in [5.41, 5.74) is 1.97. The molecule has 30 heavy (non-hydrogen) atoms. The van der Waals surface area contributed by atoms with E-state index >= 15 is 0 Å². The summed E-state index contributed by atoms with van der Waals surface area (Å²) in [6, 6.07) is 9.61. The molecule has 1 amide bonds. The average Bonchev–Trinajstić information content (AvgIpc) is 3.31. The third-order valence-corrected chi connectivity index (χ3v) is 6.63. The van der Waals surface area contributed by atoms with Crippen LogP contribution in [-0.4, -0.2) is 30.4 Å². The third kappa shape index (κ3) is 3.73. The molecule has 0 saturated carbocycles. The van der Waals surface area contributed by atoms with Crippen LogP contribution in [-0.2, 0) is 28.3 Å². The zero-order valence-electron chi connectivity index (χ0n) is 16.5. The van der Waals surface area contributed by atoms with Gasteiger partial charge in [0.15, 0.2) is 0 Å². The Kier molecular flexibility index (Phi) is 5.17. The highest BCUT2D eigenvalue weighted by Gasteiger charge is 2.28. The molecule has 7 nitrogen and oxygen atoms in total. The predicted octanol–water partition coefficient (Wildman–Crippen LogP) is 2.54. The highest BCUT2D eigenvalue weighted by Crippen LogP contribution is 2.31. The van der Waals surface area contributed by atoms with Crippen LogP contribution >= 0.6 is 0 Å². The summed E-state index contributed by atoms with van der Waals surface area (Å²) in [6.45, 7) is 2.01. The number of halogens is 1. The quantitative estimate of drug-likeness (QED) is 0.677. The Morgan fingerprint density at radius 1 is 1.23 bits per heavy atom. The molecule has 2 heterocycles. The average molecular weight is 428 g/mol. The summed E-state index contributed by atoms with van der Waals surface area (Å²) in [4.78, 5) is 17.7. The summed E-state index contributed by atoms with van der Waals surface area (Å²) >= 11 is 0. The van der Waals surface area contributed by atoms with Crippen LogP contribution in [0.15, 0.2) is 59.8 Å². The molecular weight excluding hydrogens is 407 g/mol. The summed E-state index contributed by atoms with van der Waals surface area (Å²) in [5, 5.41) is 0. The van der Waals surface area contributed by atoms with Crippen LogP contribution in [0.3, 0.4) is 0 Å². The van der Waals surface area contributed by atoms with Crippen molar-refractivity contribution in [3.63, 3.8) is 0 Å². The SMILES string of the molecule is CC(=O)N1CCc2cc(S(=O)(=O)N[C@H](c3cccc(F)c3)c3nccn3C)ccc21. The van der Waals surface area contributed by atoms with Gasteiger partial charge in [-0.2, -0.15) is 4.72 Å². The van der Waals surface area contributed by atoms with Gasteiger partial charge in [0.05, 0.1) is 4.90 Å². The van der Waals surface area contributed by atoms with Crippen molar-refractivity contribution in [2.75, 3.05) is 11.4 Å².